The number of hydrogen-bond acceptors (Lipinski definition) is 6. The van der Waals surface area contributed by atoms with Gasteiger partial charge in [-0.15, -0.1) is 0 Å². The first-order chi connectivity index (χ1) is 12.2. The second kappa shape index (κ2) is 8.37. The second-order valence-electron chi connectivity index (χ2n) is 6.19. The predicted octanol–water partition coefficient (Wildman–Crippen LogP) is 1.02. The van der Waals surface area contributed by atoms with Crippen LogP contribution in [0.1, 0.15) is 12.8 Å². The highest BCUT2D eigenvalue weighted by Gasteiger charge is 2.26. The van der Waals surface area contributed by atoms with Crippen LogP contribution in [0, 0.1) is 5.92 Å². The maximum absolute atomic E-state index is 12.3. The van der Waals surface area contributed by atoms with Crippen molar-refractivity contribution in [1.29, 1.82) is 0 Å². The summed E-state index contributed by atoms with van der Waals surface area (Å²) in [6.07, 6.45) is 1.77. The minimum absolute atomic E-state index is 0.0294. The van der Waals surface area contributed by atoms with Crippen LogP contribution in [0.15, 0.2) is 24.3 Å². The summed E-state index contributed by atoms with van der Waals surface area (Å²) in [5, 5.41) is 6.31. The molecule has 3 rings (SSSR count). The number of anilines is 1. The van der Waals surface area contributed by atoms with E-state index in [0.29, 0.717) is 24.8 Å². The molecule has 1 unspecified atom stereocenters. The third kappa shape index (κ3) is 4.75. The third-order valence-corrected chi connectivity index (χ3v) is 5.18. The van der Waals surface area contributed by atoms with Crippen LogP contribution in [0.5, 0.6) is 0 Å². The molecule has 1 aliphatic heterocycles. The molecular formula is C17H23N5O2S. The Hall–Kier alpha value is -2.03. The summed E-state index contributed by atoms with van der Waals surface area (Å²) in [6.45, 7) is 2.63. The third-order valence-electron chi connectivity index (χ3n) is 4.23. The normalized spacial score (nSPS) is 18.2. The van der Waals surface area contributed by atoms with E-state index >= 15 is 0 Å². The molecule has 1 fully saturated rings. The number of carbonyl (C=O) groups is 2. The number of piperidine rings is 1. The number of fused-ring (bicyclic) bond motifs is 1. The lowest BCUT2D eigenvalue weighted by molar-refractivity contribution is -0.127. The number of nitrogens with two attached hydrogens (primary N) is 1. The highest BCUT2D eigenvalue weighted by atomic mass is 32.1. The first-order valence-electron chi connectivity index (χ1n) is 8.51. The molecule has 1 aromatic carbocycles. The number of aromatic nitrogens is 1. The zero-order chi connectivity index (χ0) is 17.6. The maximum atomic E-state index is 12.3. The van der Waals surface area contributed by atoms with Crippen molar-refractivity contribution in [1.82, 2.24) is 15.2 Å². The Morgan fingerprint density at radius 2 is 2.20 bits per heavy atom. The zero-order valence-corrected chi connectivity index (χ0v) is 14.8. The van der Waals surface area contributed by atoms with Gasteiger partial charge in [-0.2, -0.15) is 0 Å². The van der Waals surface area contributed by atoms with Gasteiger partial charge in [0.15, 0.2) is 5.13 Å². The van der Waals surface area contributed by atoms with E-state index in [0.717, 1.165) is 29.6 Å². The fourth-order valence-corrected chi connectivity index (χ4v) is 3.92. The topological polar surface area (TPSA) is 100 Å². The molecule has 134 valence electrons. The molecule has 1 aliphatic rings. The van der Waals surface area contributed by atoms with Crippen molar-refractivity contribution >= 4 is 38.5 Å². The quantitative estimate of drug-likeness (QED) is 0.713. The summed E-state index contributed by atoms with van der Waals surface area (Å²) in [6, 6.07) is 7.79. The van der Waals surface area contributed by atoms with Gasteiger partial charge >= 0.3 is 0 Å². The monoisotopic (exact) mass is 361 g/mol. The van der Waals surface area contributed by atoms with Gasteiger partial charge in [0.2, 0.25) is 11.8 Å². The predicted molar refractivity (Wildman–Crippen MR) is 99.5 cm³/mol. The first-order valence-corrected chi connectivity index (χ1v) is 9.33. The number of nitrogens with zero attached hydrogens (tertiary/aromatic N) is 2. The summed E-state index contributed by atoms with van der Waals surface area (Å²) >= 11 is 1.46. The lowest BCUT2D eigenvalue weighted by Crippen LogP contribution is -2.46. The molecule has 25 heavy (non-hydrogen) atoms. The minimum Gasteiger partial charge on any atom is -0.355 e. The Kier molecular flexibility index (Phi) is 5.95. The van der Waals surface area contributed by atoms with Crippen LogP contribution < -0.4 is 16.4 Å². The number of benzene rings is 1. The highest BCUT2D eigenvalue weighted by molar-refractivity contribution is 7.22. The minimum atomic E-state index is -0.0953. The molecule has 7 nitrogen and oxygen atoms in total. The second-order valence-corrected chi connectivity index (χ2v) is 7.22. The van der Waals surface area contributed by atoms with E-state index in [4.69, 9.17) is 5.73 Å². The lowest BCUT2D eigenvalue weighted by Gasteiger charge is -2.31. The van der Waals surface area contributed by atoms with Crippen molar-refractivity contribution < 1.29 is 9.59 Å². The van der Waals surface area contributed by atoms with Crippen LogP contribution >= 0.6 is 11.3 Å². The van der Waals surface area contributed by atoms with Crippen molar-refractivity contribution in [2.24, 2.45) is 11.7 Å². The SMILES string of the molecule is NCCNC(=O)C1CCCN(CC(=O)Nc2nc3ccccc3s2)C1. The fourth-order valence-electron chi connectivity index (χ4n) is 3.04. The van der Waals surface area contributed by atoms with Crippen molar-refractivity contribution in [3.05, 3.63) is 24.3 Å². The van der Waals surface area contributed by atoms with Crippen LogP contribution in [-0.4, -0.2) is 54.4 Å². The van der Waals surface area contributed by atoms with Gasteiger partial charge in [-0.1, -0.05) is 23.5 Å². The number of nitrogens with one attached hydrogen (secondary N) is 2. The standard InChI is InChI=1S/C17H23N5O2S/c18-7-8-19-16(24)12-4-3-9-22(10-12)11-15(23)21-17-20-13-5-1-2-6-14(13)25-17/h1-2,5-6,12H,3-4,7-11,18H2,(H,19,24)(H,20,21,23). The number of hydrogen-bond donors (Lipinski definition) is 3. The highest BCUT2D eigenvalue weighted by Crippen LogP contribution is 2.25. The fraction of sp³-hybridized carbons (Fsp3) is 0.471. The van der Waals surface area contributed by atoms with Crippen LogP contribution in [-0.2, 0) is 9.59 Å². The zero-order valence-electron chi connectivity index (χ0n) is 14.0. The van der Waals surface area contributed by atoms with Gasteiger partial charge in [-0.05, 0) is 31.5 Å². The molecule has 4 N–H and O–H groups in total. The van der Waals surface area contributed by atoms with E-state index in [2.05, 4.69) is 15.6 Å². The summed E-state index contributed by atoms with van der Waals surface area (Å²) < 4.78 is 1.05. The van der Waals surface area contributed by atoms with E-state index in [1.165, 1.54) is 11.3 Å². The van der Waals surface area contributed by atoms with Crippen molar-refractivity contribution in [2.75, 3.05) is 38.0 Å². The van der Waals surface area contributed by atoms with Crippen LogP contribution in [0.3, 0.4) is 0 Å². The molecule has 1 saturated heterocycles. The average Bonchev–Trinajstić information content (AvgIpc) is 3.01. The van der Waals surface area contributed by atoms with E-state index in [-0.39, 0.29) is 24.3 Å². The molecule has 0 spiro atoms. The summed E-state index contributed by atoms with van der Waals surface area (Å²) in [5.74, 6) is -0.139. The van der Waals surface area contributed by atoms with Gasteiger partial charge < -0.3 is 16.4 Å². The number of rotatable bonds is 6. The van der Waals surface area contributed by atoms with Crippen molar-refractivity contribution in [3.63, 3.8) is 0 Å². The summed E-state index contributed by atoms with van der Waals surface area (Å²) in [7, 11) is 0. The van der Waals surface area contributed by atoms with E-state index in [1.54, 1.807) is 0 Å². The molecule has 2 aromatic rings. The first kappa shape index (κ1) is 17.8. The van der Waals surface area contributed by atoms with Gasteiger partial charge in [0.05, 0.1) is 22.7 Å². The molecular weight excluding hydrogens is 338 g/mol. The Balaban J connectivity index is 1.52. The van der Waals surface area contributed by atoms with E-state index in [9.17, 15) is 9.59 Å². The summed E-state index contributed by atoms with van der Waals surface area (Å²) in [4.78, 5) is 30.8. The largest absolute Gasteiger partial charge is 0.355 e. The van der Waals surface area contributed by atoms with Gasteiger partial charge in [-0.3, -0.25) is 14.5 Å². The Morgan fingerprint density at radius 3 is 3.00 bits per heavy atom. The number of para-hydroxylation sites is 1. The molecule has 0 aliphatic carbocycles. The van der Waals surface area contributed by atoms with Crippen LogP contribution in [0.4, 0.5) is 5.13 Å². The molecule has 1 aromatic heterocycles. The number of carbonyl (C=O) groups excluding carboxylic acids is 2. The smallest absolute Gasteiger partial charge is 0.240 e. The Morgan fingerprint density at radius 1 is 1.36 bits per heavy atom. The van der Waals surface area contributed by atoms with Crippen molar-refractivity contribution in [3.8, 4) is 0 Å². The molecule has 2 heterocycles. The average molecular weight is 361 g/mol. The molecule has 1 atom stereocenters. The van der Waals surface area contributed by atoms with Gasteiger partial charge in [0, 0.05) is 19.6 Å². The van der Waals surface area contributed by atoms with E-state index < -0.39 is 0 Å². The molecule has 8 heteroatoms. The van der Waals surface area contributed by atoms with Crippen molar-refractivity contribution in [2.45, 2.75) is 12.8 Å². The summed E-state index contributed by atoms with van der Waals surface area (Å²) in [5.41, 5.74) is 6.30. The van der Waals surface area contributed by atoms with Gasteiger partial charge in [0.25, 0.3) is 0 Å². The van der Waals surface area contributed by atoms with Crippen LogP contribution in [0.2, 0.25) is 0 Å². The van der Waals surface area contributed by atoms with E-state index in [1.807, 2.05) is 29.2 Å². The maximum Gasteiger partial charge on any atom is 0.240 e. The number of thiazole rings is 1. The lowest BCUT2D eigenvalue weighted by atomic mass is 9.97. The molecule has 0 bridgehead atoms. The number of amides is 2. The molecule has 0 radical (unpaired) electrons. The van der Waals surface area contributed by atoms with Crippen LogP contribution in [0.25, 0.3) is 10.2 Å². The van der Waals surface area contributed by atoms with Gasteiger partial charge in [-0.25, -0.2) is 4.98 Å². The number of likely N-dealkylation sites (tertiary alicyclic amines) is 1. The Labute approximate surface area is 150 Å². The Bertz CT molecular complexity index is 714. The molecule has 2 amide bonds. The van der Waals surface area contributed by atoms with Gasteiger partial charge in [0.1, 0.15) is 0 Å². The molecule has 0 saturated carbocycles.